The average Bonchev–Trinajstić information content (AvgIpc) is 3.14. The summed E-state index contributed by atoms with van der Waals surface area (Å²) < 4.78 is 5.93. The number of nitrogens with zero attached hydrogens (tertiary/aromatic N) is 3. The van der Waals surface area contributed by atoms with Gasteiger partial charge in [-0.05, 0) is 60.9 Å². The van der Waals surface area contributed by atoms with E-state index in [2.05, 4.69) is 28.1 Å². The molecule has 33 heavy (non-hydrogen) atoms. The predicted molar refractivity (Wildman–Crippen MR) is 132 cm³/mol. The van der Waals surface area contributed by atoms with Crippen molar-refractivity contribution in [2.45, 2.75) is 38.8 Å². The number of ether oxygens (including phenoxy) is 1. The number of benzene rings is 2. The standard InChI is InChI=1S/C27H28ClN3O2/c1-19-14-24(21-9-8-20(2)29-16-21)22(15-25(19)28)17-30-12-10-27(11-13-30)18-31(26(32)33-27)23-6-4-3-5-7-23/h3-9,14-16H,10-13,17-18H2,1-2H3. The molecular weight excluding hydrogens is 434 g/mol. The Morgan fingerprint density at radius 3 is 2.52 bits per heavy atom. The number of aromatic nitrogens is 1. The number of hydrogen-bond donors (Lipinski definition) is 0. The first-order valence-corrected chi connectivity index (χ1v) is 11.8. The number of para-hydroxylation sites is 1. The minimum Gasteiger partial charge on any atom is -0.441 e. The van der Waals surface area contributed by atoms with Crippen LogP contribution < -0.4 is 4.90 Å². The van der Waals surface area contributed by atoms with E-state index in [4.69, 9.17) is 16.3 Å². The van der Waals surface area contributed by atoms with Crippen LogP contribution in [0.15, 0.2) is 60.8 Å². The Morgan fingerprint density at radius 2 is 1.82 bits per heavy atom. The largest absolute Gasteiger partial charge is 0.441 e. The van der Waals surface area contributed by atoms with Gasteiger partial charge in [-0.1, -0.05) is 35.9 Å². The van der Waals surface area contributed by atoms with Crippen molar-refractivity contribution in [3.05, 3.63) is 82.6 Å². The normalized spacial score (nSPS) is 18.0. The zero-order chi connectivity index (χ0) is 23.0. The van der Waals surface area contributed by atoms with Gasteiger partial charge in [0.15, 0.2) is 0 Å². The molecule has 2 aromatic carbocycles. The maximum Gasteiger partial charge on any atom is 0.415 e. The Balaban J connectivity index is 1.31. The zero-order valence-corrected chi connectivity index (χ0v) is 19.8. The van der Waals surface area contributed by atoms with Crippen molar-refractivity contribution in [3.63, 3.8) is 0 Å². The molecule has 0 bridgehead atoms. The number of anilines is 1. The fourth-order valence-corrected chi connectivity index (χ4v) is 4.99. The highest BCUT2D eigenvalue weighted by molar-refractivity contribution is 6.31. The second kappa shape index (κ2) is 8.81. The van der Waals surface area contributed by atoms with Gasteiger partial charge in [0.25, 0.3) is 0 Å². The van der Waals surface area contributed by atoms with E-state index in [-0.39, 0.29) is 6.09 Å². The predicted octanol–water partition coefficient (Wildman–Crippen LogP) is 6.01. The Hall–Kier alpha value is -2.89. The zero-order valence-electron chi connectivity index (χ0n) is 19.1. The number of hydrogen-bond acceptors (Lipinski definition) is 4. The van der Waals surface area contributed by atoms with E-state index in [0.717, 1.165) is 60.0 Å². The first kappa shape index (κ1) is 21.9. The lowest BCUT2D eigenvalue weighted by molar-refractivity contribution is -0.000934. The minimum atomic E-state index is -0.405. The molecule has 0 atom stereocenters. The van der Waals surface area contributed by atoms with Gasteiger partial charge in [-0.2, -0.15) is 0 Å². The first-order valence-electron chi connectivity index (χ1n) is 11.4. The van der Waals surface area contributed by atoms with Crippen molar-refractivity contribution >= 4 is 23.4 Å². The molecule has 5 nitrogen and oxygen atoms in total. The lowest BCUT2D eigenvalue weighted by Gasteiger charge is -2.37. The van der Waals surface area contributed by atoms with Gasteiger partial charge in [0.2, 0.25) is 0 Å². The third-order valence-corrected chi connectivity index (χ3v) is 7.21. The molecule has 1 spiro atoms. The Labute approximate surface area is 200 Å². The molecule has 2 aliphatic heterocycles. The second-order valence-electron chi connectivity index (χ2n) is 9.20. The molecule has 0 aliphatic carbocycles. The van der Waals surface area contributed by atoms with E-state index in [1.54, 1.807) is 4.90 Å². The minimum absolute atomic E-state index is 0.242. The fourth-order valence-electron chi connectivity index (χ4n) is 4.80. The van der Waals surface area contributed by atoms with Gasteiger partial charge in [-0.15, -0.1) is 0 Å². The monoisotopic (exact) mass is 461 g/mol. The highest BCUT2D eigenvalue weighted by atomic mass is 35.5. The molecular formula is C27H28ClN3O2. The van der Waals surface area contributed by atoms with Crippen LogP contribution in [0.5, 0.6) is 0 Å². The second-order valence-corrected chi connectivity index (χ2v) is 9.60. The van der Waals surface area contributed by atoms with Gasteiger partial charge in [0, 0.05) is 60.6 Å². The molecule has 5 rings (SSSR count). The van der Waals surface area contributed by atoms with Gasteiger partial charge in [0.05, 0.1) is 6.54 Å². The number of carbonyl (C=O) groups is 1. The summed E-state index contributed by atoms with van der Waals surface area (Å²) in [4.78, 5) is 21.3. The van der Waals surface area contributed by atoms with Crippen LogP contribution in [0.25, 0.3) is 11.1 Å². The molecule has 0 N–H and O–H groups in total. The number of aryl methyl sites for hydroxylation is 2. The highest BCUT2D eigenvalue weighted by Crippen LogP contribution is 2.37. The highest BCUT2D eigenvalue weighted by Gasteiger charge is 2.47. The van der Waals surface area contributed by atoms with E-state index < -0.39 is 5.60 Å². The molecule has 0 radical (unpaired) electrons. The summed E-state index contributed by atoms with van der Waals surface area (Å²) in [6.45, 7) is 7.18. The summed E-state index contributed by atoms with van der Waals surface area (Å²) in [5.41, 5.74) is 6.03. The lowest BCUT2D eigenvalue weighted by Crippen LogP contribution is -2.46. The van der Waals surface area contributed by atoms with Crippen LogP contribution in [-0.4, -0.2) is 41.2 Å². The van der Waals surface area contributed by atoms with Gasteiger partial charge in [0.1, 0.15) is 5.60 Å². The van der Waals surface area contributed by atoms with E-state index in [1.807, 2.05) is 56.4 Å². The van der Waals surface area contributed by atoms with Crippen LogP contribution in [0.1, 0.15) is 29.7 Å². The summed E-state index contributed by atoms with van der Waals surface area (Å²) in [6, 6.07) is 18.2. The van der Waals surface area contributed by atoms with Crippen molar-refractivity contribution in [1.82, 2.24) is 9.88 Å². The van der Waals surface area contributed by atoms with Gasteiger partial charge >= 0.3 is 6.09 Å². The Morgan fingerprint density at radius 1 is 1.06 bits per heavy atom. The Kier molecular flexibility index (Phi) is 5.85. The summed E-state index contributed by atoms with van der Waals surface area (Å²) in [5, 5.41) is 0.783. The third kappa shape index (κ3) is 4.48. The molecule has 0 unspecified atom stereocenters. The number of likely N-dealkylation sites (tertiary alicyclic amines) is 1. The average molecular weight is 462 g/mol. The molecule has 0 saturated carbocycles. The SMILES string of the molecule is Cc1ccc(-c2cc(C)c(Cl)cc2CN2CCC3(CC2)CN(c2ccccc2)C(=O)O3)cn1. The topological polar surface area (TPSA) is 45.7 Å². The molecule has 170 valence electrons. The van der Waals surface area contributed by atoms with E-state index in [1.165, 1.54) is 11.1 Å². The third-order valence-electron chi connectivity index (χ3n) is 6.81. The molecule has 1 aromatic heterocycles. The van der Waals surface area contributed by atoms with Crippen LogP contribution in [0, 0.1) is 13.8 Å². The van der Waals surface area contributed by atoms with Crippen LogP contribution in [-0.2, 0) is 11.3 Å². The number of amides is 1. The maximum absolute atomic E-state index is 12.6. The van der Waals surface area contributed by atoms with Crippen molar-refractivity contribution in [3.8, 4) is 11.1 Å². The van der Waals surface area contributed by atoms with Crippen LogP contribution in [0.2, 0.25) is 5.02 Å². The van der Waals surface area contributed by atoms with Crippen molar-refractivity contribution in [2.75, 3.05) is 24.5 Å². The fraction of sp³-hybridized carbons (Fsp3) is 0.333. The van der Waals surface area contributed by atoms with Crippen LogP contribution >= 0.6 is 11.6 Å². The summed E-state index contributed by atoms with van der Waals surface area (Å²) >= 11 is 6.51. The number of pyridine rings is 1. The van der Waals surface area contributed by atoms with Gasteiger partial charge in [-0.3, -0.25) is 14.8 Å². The van der Waals surface area contributed by atoms with Crippen molar-refractivity contribution < 1.29 is 9.53 Å². The van der Waals surface area contributed by atoms with Crippen LogP contribution in [0.3, 0.4) is 0 Å². The molecule has 2 fully saturated rings. The summed E-state index contributed by atoms with van der Waals surface area (Å²) in [6.07, 6.45) is 3.34. The molecule has 2 saturated heterocycles. The molecule has 3 heterocycles. The van der Waals surface area contributed by atoms with E-state index in [9.17, 15) is 4.79 Å². The van der Waals surface area contributed by atoms with E-state index >= 15 is 0 Å². The Bertz CT molecular complexity index is 1160. The lowest BCUT2D eigenvalue weighted by atomic mass is 9.90. The maximum atomic E-state index is 12.6. The summed E-state index contributed by atoms with van der Waals surface area (Å²) in [7, 11) is 0. The van der Waals surface area contributed by atoms with Gasteiger partial charge in [-0.25, -0.2) is 4.79 Å². The number of halogens is 1. The quantitative estimate of drug-likeness (QED) is 0.477. The van der Waals surface area contributed by atoms with Crippen molar-refractivity contribution in [1.29, 1.82) is 0 Å². The van der Waals surface area contributed by atoms with Crippen LogP contribution in [0.4, 0.5) is 10.5 Å². The smallest absolute Gasteiger partial charge is 0.415 e. The molecule has 2 aliphatic rings. The van der Waals surface area contributed by atoms with E-state index in [0.29, 0.717) is 6.54 Å². The van der Waals surface area contributed by atoms with Crippen molar-refractivity contribution in [2.24, 2.45) is 0 Å². The number of rotatable bonds is 4. The van der Waals surface area contributed by atoms with Gasteiger partial charge < -0.3 is 4.74 Å². The molecule has 6 heteroatoms. The summed E-state index contributed by atoms with van der Waals surface area (Å²) in [5.74, 6) is 0. The molecule has 3 aromatic rings. The number of piperidine rings is 1. The number of carbonyl (C=O) groups excluding carboxylic acids is 1. The molecule has 1 amide bonds. The first-order chi connectivity index (χ1) is 15.9.